The van der Waals surface area contributed by atoms with Gasteiger partial charge in [0, 0.05) is 16.7 Å². The van der Waals surface area contributed by atoms with Crippen LogP contribution in [-0.2, 0) is 9.59 Å². The van der Waals surface area contributed by atoms with Crippen LogP contribution in [-0.4, -0.2) is 35.1 Å². The van der Waals surface area contributed by atoms with Crippen LogP contribution in [0.2, 0.25) is 0 Å². The molecule has 0 unspecified atom stereocenters. The molecule has 1 saturated heterocycles. The van der Waals surface area contributed by atoms with Gasteiger partial charge < -0.3 is 14.5 Å². The number of thioether (sulfide) groups is 1. The summed E-state index contributed by atoms with van der Waals surface area (Å²) in [5.41, 5.74) is 1.72. The van der Waals surface area contributed by atoms with Crippen molar-refractivity contribution in [3.05, 3.63) is 76.9 Å². The Morgan fingerprint density at radius 1 is 1.09 bits per heavy atom. The number of carbonyl (C=O) groups excluding carboxylic acids is 3. The van der Waals surface area contributed by atoms with Gasteiger partial charge in [0.25, 0.3) is 11.1 Å². The van der Waals surface area contributed by atoms with E-state index in [9.17, 15) is 14.4 Å². The van der Waals surface area contributed by atoms with Crippen molar-refractivity contribution >= 4 is 52.3 Å². The maximum absolute atomic E-state index is 12.7. The maximum atomic E-state index is 12.7. The van der Waals surface area contributed by atoms with E-state index in [-0.39, 0.29) is 11.4 Å². The molecule has 0 radical (unpaired) electrons. The lowest BCUT2D eigenvalue weighted by molar-refractivity contribution is -0.127. The molecule has 9 heteroatoms. The van der Waals surface area contributed by atoms with E-state index >= 15 is 0 Å². The van der Waals surface area contributed by atoms with E-state index in [1.54, 1.807) is 30.3 Å². The highest BCUT2D eigenvalue weighted by molar-refractivity contribution is 8.18. The molecule has 34 heavy (non-hydrogen) atoms. The molecule has 1 fully saturated rings. The third-order valence-corrected chi connectivity index (χ3v) is 6.58. The molecule has 0 atom stereocenters. The molecule has 1 N–H and O–H groups in total. The first kappa shape index (κ1) is 23.7. The summed E-state index contributed by atoms with van der Waals surface area (Å²) in [4.78, 5) is 39.6. The van der Waals surface area contributed by atoms with Gasteiger partial charge in [-0.3, -0.25) is 19.3 Å². The number of aryl methyl sites for hydroxylation is 1. The van der Waals surface area contributed by atoms with Gasteiger partial charge in [-0.25, -0.2) is 0 Å². The standard InChI is InChI=1S/C25H22N2O5S2/c1-3-31-18-8-6-17(7-9-18)26-22(28)15-27-24(29)21(34-25(27)30)14-19-10-13-23(32-19)33-20-11-4-16(2)5-12-20/h4-14H,3,15H2,1-2H3,(H,26,28)/b21-14+. The van der Waals surface area contributed by atoms with E-state index in [0.717, 1.165) is 21.6 Å². The number of nitrogens with zero attached hydrogens (tertiary/aromatic N) is 1. The predicted octanol–water partition coefficient (Wildman–Crippen LogP) is 5.81. The van der Waals surface area contributed by atoms with Gasteiger partial charge in [0.05, 0.1) is 11.5 Å². The zero-order valence-corrected chi connectivity index (χ0v) is 20.2. The highest BCUT2D eigenvalue weighted by atomic mass is 32.2. The van der Waals surface area contributed by atoms with Crippen molar-refractivity contribution in [1.29, 1.82) is 0 Å². The molecule has 3 aromatic rings. The molecular formula is C25H22N2O5S2. The van der Waals surface area contributed by atoms with E-state index in [2.05, 4.69) is 5.32 Å². The molecule has 0 spiro atoms. The Hall–Kier alpha value is -3.43. The summed E-state index contributed by atoms with van der Waals surface area (Å²) in [5.74, 6) is 0.150. The number of amides is 3. The van der Waals surface area contributed by atoms with Gasteiger partial charge in [0.2, 0.25) is 5.91 Å². The monoisotopic (exact) mass is 494 g/mol. The maximum Gasteiger partial charge on any atom is 0.294 e. The lowest BCUT2D eigenvalue weighted by atomic mass is 10.2. The van der Waals surface area contributed by atoms with Crippen LogP contribution in [0.4, 0.5) is 10.5 Å². The fourth-order valence-corrected chi connectivity index (χ4v) is 4.70. The molecule has 0 aliphatic carbocycles. The number of anilines is 1. The van der Waals surface area contributed by atoms with E-state index in [4.69, 9.17) is 9.15 Å². The van der Waals surface area contributed by atoms with Gasteiger partial charge in [-0.05, 0) is 74.1 Å². The highest BCUT2D eigenvalue weighted by Gasteiger charge is 2.36. The summed E-state index contributed by atoms with van der Waals surface area (Å²) in [6.07, 6.45) is 1.52. The quantitative estimate of drug-likeness (QED) is 0.395. The summed E-state index contributed by atoms with van der Waals surface area (Å²) < 4.78 is 11.2. The second-order valence-corrected chi connectivity index (χ2v) is 9.42. The molecule has 1 aromatic heterocycles. The number of hydrogen-bond donors (Lipinski definition) is 1. The lowest BCUT2D eigenvalue weighted by Crippen LogP contribution is -2.36. The zero-order valence-electron chi connectivity index (χ0n) is 18.6. The van der Waals surface area contributed by atoms with Crippen molar-refractivity contribution in [3.63, 3.8) is 0 Å². The van der Waals surface area contributed by atoms with Crippen LogP contribution in [0.15, 0.2) is 80.0 Å². The molecule has 0 bridgehead atoms. The number of hydrogen-bond acceptors (Lipinski definition) is 7. The Kier molecular flexibility index (Phi) is 7.44. The number of furan rings is 1. The molecule has 2 heterocycles. The van der Waals surface area contributed by atoms with Crippen LogP contribution in [0.1, 0.15) is 18.2 Å². The van der Waals surface area contributed by atoms with Crippen molar-refractivity contribution in [1.82, 2.24) is 4.90 Å². The largest absolute Gasteiger partial charge is 0.494 e. The average Bonchev–Trinajstić information content (AvgIpc) is 3.36. The zero-order chi connectivity index (χ0) is 24.1. The van der Waals surface area contributed by atoms with Crippen LogP contribution < -0.4 is 10.1 Å². The third-order valence-electron chi connectivity index (χ3n) is 4.74. The van der Waals surface area contributed by atoms with Crippen LogP contribution in [0, 0.1) is 6.92 Å². The molecule has 1 aliphatic rings. The topological polar surface area (TPSA) is 88.8 Å². The second-order valence-electron chi connectivity index (χ2n) is 7.35. The fourth-order valence-electron chi connectivity index (χ4n) is 3.10. The van der Waals surface area contributed by atoms with Crippen molar-refractivity contribution < 1.29 is 23.5 Å². The number of rotatable bonds is 8. The van der Waals surface area contributed by atoms with E-state index in [1.807, 2.05) is 44.2 Å². The Labute approximate surface area is 205 Å². The molecule has 174 valence electrons. The molecule has 0 saturated carbocycles. The summed E-state index contributed by atoms with van der Waals surface area (Å²) in [5, 5.41) is 2.85. The number of ether oxygens (including phenoxy) is 1. The van der Waals surface area contributed by atoms with Gasteiger partial charge in [-0.1, -0.05) is 29.5 Å². The van der Waals surface area contributed by atoms with Gasteiger partial charge >= 0.3 is 0 Å². The Morgan fingerprint density at radius 3 is 2.53 bits per heavy atom. The minimum absolute atomic E-state index is 0.208. The van der Waals surface area contributed by atoms with Crippen LogP contribution in [0.25, 0.3) is 6.08 Å². The Morgan fingerprint density at radius 2 is 1.82 bits per heavy atom. The predicted molar refractivity (Wildman–Crippen MR) is 133 cm³/mol. The van der Waals surface area contributed by atoms with Crippen molar-refractivity contribution in [3.8, 4) is 5.75 Å². The van der Waals surface area contributed by atoms with Crippen LogP contribution in [0.3, 0.4) is 0 Å². The number of nitrogens with one attached hydrogen (secondary N) is 1. The van der Waals surface area contributed by atoms with Gasteiger partial charge in [0.1, 0.15) is 18.1 Å². The van der Waals surface area contributed by atoms with Crippen molar-refractivity contribution in [2.24, 2.45) is 0 Å². The van der Waals surface area contributed by atoms with Gasteiger partial charge in [-0.2, -0.15) is 0 Å². The lowest BCUT2D eigenvalue weighted by Gasteiger charge is -2.12. The first-order valence-corrected chi connectivity index (χ1v) is 12.2. The van der Waals surface area contributed by atoms with E-state index in [1.165, 1.54) is 23.4 Å². The molecule has 2 aromatic carbocycles. The highest BCUT2D eigenvalue weighted by Crippen LogP contribution is 2.34. The van der Waals surface area contributed by atoms with Crippen molar-refractivity contribution in [2.45, 2.75) is 23.8 Å². The molecule has 3 amide bonds. The SMILES string of the molecule is CCOc1ccc(NC(=O)CN2C(=O)S/C(=C/c3ccc(Sc4ccc(C)cc4)o3)C2=O)cc1. The third kappa shape index (κ3) is 5.92. The minimum Gasteiger partial charge on any atom is -0.494 e. The number of carbonyl (C=O) groups is 3. The summed E-state index contributed by atoms with van der Waals surface area (Å²) >= 11 is 2.25. The second kappa shape index (κ2) is 10.7. The minimum atomic E-state index is -0.527. The summed E-state index contributed by atoms with van der Waals surface area (Å²) in [6, 6.07) is 18.5. The van der Waals surface area contributed by atoms with Gasteiger partial charge in [-0.15, -0.1) is 0 Å². The van der Waals surface area contributed by atoms with Gasteiger partial charge in [0.15, 0.2) is 5.09 Å². The first-order chi connectivity index (χ1) is 16.4. The molecule has 4 rings (SSSR count). The Bertz CT molecular complexity index is 1230. The fraction of sp³-hybridized carbons (Fsp3) is 0.160. The van der Waals surface area contributed by atoms with Crippen LogP contribution >= 0.6 is 23.5 Å². The van der Waals surface area contributed by atoms with Crippen LogP contribution in [0.5, 0.6) is 5.75 Å². The van der Waals surface area contributed by atoms with Crippen molar-refractivity contribution in [2.75, 3.05) is 18.5 Å². The summed E-state index contributed by atoms with van der Waals surface area (Å²) in [6.45, 7) is 4.08. The Balaban J connectivity index is 1.37. The van der Waals surface area contributed by atoms with E-state index < -0.39 is 17.1 Å². The average molecular weight is 495 g/mol. The summed E-state index contributed by atoms with van der Waals surface area (Å²) in [7, 11) is 0. The normalized spacial score (nSPS) is 14.6. The molecule has 7 nitrogen and oxygen atoms in total. The van der Waals surface area contributed by atoms with E-state index in [0.29, 0.717) is 28.9 Å². The number of benzene rings is 2. The smallest absolute Gasteiger partial charge is 0.294 e. The first-order valence-electron chi connectivity index (χ1n) is 10.5. The molecule has 1 aliphatic heterocycles. The number of imide groups is 1. The molecular weight excluding hydrogens is 472 g/mol.